The van der Waals surface area contributed by atoms with Crippen molar-refractivity contribution in [2.45, 2.75) is 21.7 Å². The van der Waals surface area contributed by atoms with Gasteiger partial charge in [-0.1, -0.05) is 497 Å². The van der Waals surface area contributed by atoms with E-state index in [-0.39, 0.29) is 0 Å². The highest BCUT2D eigenvalue weighted by atomic mass is 35.5. The summed E-state index contributed by atoms with van der Waals surface area (Å²) in [5.74, 6) is 3.46. The van der Waals surface area contributed by atoms with Gasteiger partial charge in [-0.2, -0.15) is 0 Å². The maximum absolute atomic E-state index is 9.58. The zero-order chi connectivity index (χ0) is 93.2. The first-order chi connectivity index (χ1) is 69.2. The van der Waals surface area contributed by atoms with E-state index in [9.17, 15) is 10.0 Å². The van der Waals surface area contributed by atoms with E-state index in [1.165, 1.54) is 145 Å². The summed E-state index contributed by atoms with van der Waals surface area (Å²) < 4.78 is 0. The summed E-state index contributed by atoms with van der Waals surface area (Å²) in [5, 5.41) is 20.0. The van der Waals surface area contributed by atoms with E-state index in [1.54, 1.807) is 18.2 Å². The van der Waals surface area contributed by atoms with E-state index < -0.39 is 28.8 Å². The van der Waals surface area contributed by atoms with Crippen LogP contribution in [-0.4, -0.2) is 47.1 Å². The lowest BCUT2D eigenvalue weighted by Gasteiger charge is -2.49. The summed E-state index contributed by atoms with van der Waals surface area (Å²) in [5.41, 5.74) is 41.5. The maximum Gasteiger partial charge on any atom is 0.488 e. The third-order valence-electron chi connectivity index (χ3n) is 29.6. The van der Waals surface area contributed by atoms with Gasteiger partial charge < -0.3 is 10.0 Å². The predicted molar refractivity (Wildman–Crippen MR) is 566 cm³/mol. The molecular formula is C130H84BClN6O2. The molecule has 2 aromatic heterocycles. The average molecular weight is 1810 g/mol. The highest BCUT2D eigenvalue weighted by Crippen LogP contribution is 2.71. The van der Waals surface area contributed by atoms with Crippen LogP contribution >= 0.6 is 11.6 Å². The zero-order valence-electron chi connectivity index (χ0n) is 75.9. The first-order valence-corrected chi connectivity index (χ1v) is 48.0. The fourth-order valence-electron chi connectivity index (χ4n) is 24.0. The second kappa shape index (κ2) is 33.6. The molecule has 0 saturated carbocycles. The molecule has 2 N–H and O–H groups in total. The van der Waals surface area contributed by atoms with Crippen LogP contribution in [0.2, 0.25) is 5.02 Å². The van der Waals surface area contributed by atoms with E-state index >= 15 is 0 Å². The van der Waals surface area contributed by atoms with Crippen LogP contribution in [0, 0.1) is 0 Å². The summed E-state index contributed by atoms with van der Waals surface area (Å²) in [6.45, 7) is 0. The number of nitrogens with zero attached hydrogens (tertiary/aromatic N) is 6. The normalized spacial score (nSPS) is 13.6. The quantitative estimate of drug-likeness (QED) is 0.130. The summed E-state index contributed by atoms with van der Waals surface area (Å²) >= 11 is 7.43. The predicted octanol–water partition coefficient (Wildman–Crippen LogP) is 28.8. The van der Waals surface area contributed by atoms with E-state index in [0.29, 0.717) is 46.0 Å². The van der Waals surface area contributed by atoms with Gasteiger partial charge in [0.25, 0.3) is 0 Å². The molecule has 0 amide bonds. The number of fused-ring (bicyclic) bond motifs is 32. The number of rotatable bonds is 10. The molecule has 8 nitrogen and oxygen atoms in total. The number of hydrogen-bond acceptors (Lipinski definition) is 8. The van der Waals surface area contributed by atoms with Crippen LogP contribution in [0.4, 0.5) is 0 Å². The van der Waals surface area contributed by atoms with Gasteiger partial charge in [0.05, 0.1) is 21.7 Å². The molecule has 2 heterocycles. The van der Waals surface area contributed by atoms with E-state index in [0.717, 1.165) is 55.1 Å². The van der Waals surface area contributed by atoms with Gasteiger partial charge in [-0.15, -0.1) is 0 Å². The molecule has 28 rings (SSSR count). The monoisotopic (exact) mass is 1810 g/mol. The minimum absolute atomic E-state index is 0.378. The Morgan fingerprint density at radius 2 is 0.364 bits per heavy atom. The minimum Gasteiger partial charge on any atom is -0.423 e. The van der Waals surface area contributed by atoms with Crippen LogP contribution in [0.15, 0.2) is 497 Å². The van der Waals surface area contributed by atoms with Crippen molar-refractivity contribution < 1.29 is 10.0 Å². The summed E-state index contributed by atoms with van der Waals surface area (Å²) in [6.07, 6.45) is 0. The third-order valence-corrected chi connectivity index (χ3v) is 29.9. The molecule has 0 aliphatic heterocycles. The summed E-state index contributed by atoms with van der Waals surface area (Å²) in [4.78, 5) is 29.7. The van der Waals surface area contributed by atoms with Crippen LogP contribution in [0.3, 0.4) is 0 Å². The molecule has 0 radical (unpaired) electrons. The van der Waals surface area contributed by atoms with Gasteiger partial charge in [0.1, 0.15) is 0 Å². The number of hydrogen-bond donors (Lipinski definition) is 2. The number of aromatic nitrogens is 6. The molecule has 10 heteroatoms. The van der Waals surface area contributed by atoms with Crippen molar-refractivity contribution >= 4 is 24.2 Å². The molecule has 0 fully saturated rings. The van der Waals surface area contributed by atoms with Gasteiger partial charge in [0.2, 0.25) is 0 Å². The first kappa shape index (κ1) is 83.3. The lowest BCUT2D eigenvalue weighted by molar-refractivity contribution is 0.426. The topological polar surface area (TPSA) is 118 Å². The van der Waals surface area contributed by atoms with Crippen LogP contribution in [-0.2, 0) is 21.7 Å². The van der Waals surface area contributed by atoms with Crippen LogP contribution in [0.5, 0.6) is 0 Å². The Morgan fingerprint density at radius 3 is 0.707 bits per heavy atom. The molecule has 4 spiro atoms. The van der Waals surface area contributed by atoms with Crippen molar-refractivity contribution in [3.05, 3.63) is 591 Å². The summed E-state index contributed by atoms with van der Waals surface area (Å²) in [6, 6.07) is 177. The van der Waals surface area contributed by atoms with E-state index in [2.05, 4.69) is 393 Å². The zero-order valence-corrected chi connectivity index (χ0v) is 76.6. The molecule has 0 saturated heterocycles. The van der Waals surface area contributed by atoms with E-state index in [1.807, 2.05) is 91.0 Å². The van der Waals surface area contributed by atoms with Crippen LogP contribution in [0.25, 0.3) is 146 Å². The largest absolute Gasteiger partial charge is 0.488 e. The number of benzene rings is 20. The van der Waals surface area contributed by atoms with Crippen molar-refractivity contribution in [3.8, 4) is 146 Å². The highest BCUT2D eigenvalue weighted by Gasteiger charge is 2.62. The van der Waals surface area contributed by atoms with Crippen molar-refractivity contribution in [1.82, 2.24) is 29.9 Å². The Labute approximate surface area is 817 Å². The fraction of sp³-hybridized carbons (Fsp3) is 0.0308. The molecule has 6 aliphatic carbocycles. The van der Waals surface area contributed by atoms with Crippen molar-refractivity contribution in [2.75, 3.05) is 0 Å². The van der Waals surface area contributed by atoms with Crippen molar-refractivity contribution in [1.29, 1.82) is 0 Å². The Bertz CT molecular complexity index is 8510. The lowest BCUT2D eigenvalue weighted by Crippen LogP contribution is -2.44. The molecule has 0 bridgehead atoms. The molecule has 22 aromatic rings. The first-order valence-electron chi connectivity index (χ1n) is 47.6. The molecular weight excluding hydrogens is 1720 g/mol. The molecule has 0 atom stereocenters. The third kappa shape index (κ3) is 12.7. The maximum atomic E-state index is 9.58. The Hall–Kier alpha value is -17.3. The standard InChI is InChI=1S/C65H41N3.C38H23Cl.C27H20BN3O2/c1-3-19-42(20-4-1)43-37-39-45(40-38-43)62-66-61(44-21-5-2-6-22-44)67-63(68-62)47-24-17-23-46(41-47)48-29-18-36-59-60(48)65(55-32-13-9-27-51(55)52-28-10-14-33-56(52)65)58-35-16-15-34-57(58)64(59)53-30-11-7-25-49(53)50-26-8-12-31-54(50)64;39-35-23-11-22-34-36(35)38(30-18-7-3-14-26(30)27-15-4-8-19-31(27)38)33-21-10-9-20-32(33)37(34)28-16-5-1-12-24(28)25-13-2-6-17-29(25)37;32-28(33)24-13-7-12-23(18-24)27-30-25(21-10-5-2-6-11-21)29-26(31-27)22-16-14-20(15-17-22)19-8-3-1-4-9-19/h1-41H;1-23H;1-18,32-33H. The Balaban J connectivity index is 0.000000118. The minimum atomic E-state index is -1.56. The second-order valence-corrected chi connectivity index (χ2v) is 37.1. The highest BCUT2D eigenvalue weighted by molar-refractivity contribution is 6.58. The molecule has 0 unspecified atom stereocenters. The van der Waals surface area contributed by atoms with Crippen LogP contribution < -0.4 is 5.46 Å². The van der Waals surface area contributed by atoms with E-state index in [4.69, 9.17) is 36.5 Å². The fourth-order valence-corrected chi connectivity index (χ4v) is 24.3. The molecule has 20 aromatic carbocycles. The Morgan fingerprint density at radius 1 is 0.157 bits per heavy atom. The van der Waals surface area contributed by atoms with Gasteiger partial charge in [0.15, 0.2) is 34.9 Å². The second-order valence-electron chi connectivity index (χ2n) is 36.7. The SMILES string of the molecule is Clc1cccc2c1C1(c3ccccc3-c3ccccc31)c1ccccc1C21c2ccccc2-c2ccccc21.OB(O)c1cccc(-c2nc(-c3ccccc3)nc(-c3ccc(-c4ccccc4)cc3)n2)c1.c1ccc(-c2ccc(-c3nc(-c4ccccc4)nc(-c4cccc(-c5cccc6c5C5(c7ccccc7-c7ccccc75)c5ccccc5C65c6ccccc6-c6ccccc65)c4)n3)cc2)cc1. The molecule has 6 aliphatic rings. The van der Waals surface area contributed by atoms with Gasteiger partial charge in [0, 0.05) is 38.4 Å². The smallest absolute Gasteiger partial charge is 0.423 e. The lowest BCUT2D eigenvalue weighted by atomic mass is 9.51. The van der Waals surface area contributed by atoms with Crippen molar-refractivity contribution in [3.63, 3.8) is 0 Å². The van der Waals surface area contributed by atoms with Crippen LogP contribution in [0.1, 0.15) is 89.0 Å². The number of halogens is 1. The molecule has 140 heavy (non-hydrogen) atoms. The average Bonchev–Trinajstić information content (AvgIpc) is 1.46. The van der Waals surface area contributed by atoms with Crippen molar-refractivity contribution in [2.24, 2.45) is 0 Å². The van der Waals surface area contributed by atoms with Gasteiger partial charge in [-0.05, 0) is 184 Å². The Kier molecular flexibility index (Phi) is 20.0. The summed E-state index contributed by atoms with van der Waals surface area (Å²) in [7, 11) is -1.56. The van der Waals surface area contributed by atoms with Gasteiger partial charge in [-0.25, -0.2) is 29.9 Å². The van der Waals surface area contributed by atoms with Gasteiger partial charge in [-0.3, -0.25) is 0 Å². The molecule has 656 valence electrons. The van der Waals surface area contributed by atoms with Gasteiger partial charge >= 0.3 is 7.12 Å².